The fraction of sp³-hybridized carbons (Fsp3) is 0.231. The van der Waals surface area contributed by atoms with E-state index in [1.807, 2.05) is 0 Å². The monoisotopic (exact) mass is 291 g/mol. The molecule has 2 rings (SSSR count). The van der Waals surface area contributed by atoms with Crippen molar-refractivity contribution in [2.45, 2.75) is 19.8 Å². The number of nitrogens with zero attached hydrogens (tertiary/aromatic N) is 2. The Morgan fingerprint density at radius 1 is 1.35 bits per heavy atom. The van der Waals surface area contributed by atoms with Crippen molar-refractivity contribution in [3.8, 4) is 0 Å². The summed E-state index contributed by atoms with van der Waals surface area (Å²) in [7, 11) is 0. The smallest absolute Gasteiger partial charge is 0.269 e. The molecule has 0 atom stereocenters. The van der Waals surface area contributed by atoms with Crippen molar-refractivity contribution in [3.63, 3.8) is 0 Å². The molecule has 0 bridgehead atoms. The van der Waals surface area contributed by atoms with Crippen molar-refractivity contribution < 1.29 is 9.72 Å². The van der Waals surface area contributed by atoms with Crippen LogP contribution >= 0.6 is 11.3 Å². The molecule has 0 aliphatic heterocycles. The van der Waals surface area contributed by atoms with Crippen LogP contribution in [0.2, 0.25) is 0 Å². The molecule has 20 heavy (non-hydrogen) atoms. The van der Waals surface area contributed by atoms with E-state index in [0.717, 1.165) is 4.88 Å². The third kappa shape index (κ3) is 3.18. The minimum Gasteiger partial charge on any atom is -0.298 e. The number of nitro groups is 1. The molecule has 1 aromatic heterocycles. The first-order chi connectivity index (χ1) is 9.47. The van der Waals surface area contributed by atoms with Crippen LogP contribution in [0.25, 0.3) is 0 Å². The van der Waals surface area contributed by atoms with Crippen LogP contribution in [0.4, 0.5) is 10.8 Å². The van der Waals surface area contributed by atoms with Crippen molar-refractivity contribution in [2.75, 3.05) is 5.32 Å². The summed E-state index contributed by atoms with van der Waals surface area (Å²) in [6.45, 7) is 4.10. The predicted octanol–water partition coefficient (Wildman–Crippen LogP) is 3.43. The average Bonchev–Trinajstić information content (AvgIpc) is 2.87. The SMILES string of the molecule is CC(C)c1cnc(NC(=O)c2ccc([N+](=O)[O-])cc2)s1. The highest BCUT2D eigenvalue weighted by atomic mass is 32.1. The van der Waals surface area contributed by atoms with Gasteiger partial charge in [0.25, 0.3) is 11.6 Å². The van der Waals surface area contributed by atoms with Gasteiger partial charge in [0.2, 0.25) is 0 Å². The Kier molecular flexibility index (Phi) is 4.09. The lowest BCUT2D eigenvalue weighted by atomic mass is 10.2. The van der Waals surface area contributed by atoms with E-state index in [2.05, 4.69) is 24.1 Å². The number of nitrogens with one attached hydrogen (secondary N) is 1. The largest absolute Gasteiger partial charge is 0.298 e. The van der Waals surface area contributed by atoms with E-state index in [4.69, 9.17) is 0 Å². The van der Waals surface area contributed by atoms with Gasteiger partial charge in [0.1, 0.15) is 0 Å². The number of thiazole rings is 1. The molecule has 0 saturated carbocycles. The maximum atomic E-state index is 12.0. The van der Waals surface area contributed by atoms with Crippen molar-refractivity contribution >= 4 is 28.1 Å². The van der Waals surface area contributed by atoms with Crippen LogP contribution in [-0.4, -0.2) is 15.8 Å². The molecular formula is C13H13N3O3S. The number of carbonyl (C=O) groups is 1. The van der Waals surface area contributed by atoms with Gasteiger partial charge in [-0.1, -0.05) is 13.8 Å². The third-order valence-corrected chi connectivity index (χ3v) is 3.87. The van der Waals surface area contributed by atoms with Crippen molar-refractivity contribution in [1.29, 1.82) is 0 Å². The second-order valence-electron chi connectivity index (χ2n) is 4.48. The zero-order valence-corrected chi connectivity index (χ0v) is 11.8. The molecule has 7 heteroatoms. The number of amides is 1. The molecule has 1 aromatic carbocycles. The normalized spacial score (nSPS) is 10.6. The highest BCUT2D eigenvalue weighted by Crippen LogP contribution is 2.25. The first-order valence-electron chi connectivity index (χ1n) is 5.99. The van der Waals surface area contributed by atoms with Crippen LogP contribution < -0.4 is 5.32 Å². The van der Waals surface area contributed by atoms with Crippen molar-refractivity contribution in [1.82, 2.24) is 4.98 Å². The molecule has 0 spiro atoms. The van der Waals surface area contributed by atoms with E-state index in [1.165, 1.54) is 35.6 Å². The lowest BCUT2D eigenvalue weighted by Gasteiger charge is -2.01. The lowest BCUT2D eigenvalue weighted by Crippen LogP contribution is -2.11. The van der Waals surface area contributed by atoms with E-state index in [9.17, 15) is 14.9 Å². The molecule has 0 radical (unpaired) electrons. The molecular weight excluding hydrogens is 278 g/mol. The second kappa shape index (κ2) is 5.79. The molecule has 0 fully saturated rings. The molecule has 0 aliphatic rings. The first kappa shape index (κ1) is 14.1. The van der Waals surface area contributed by atoms with Crippen LogP contribution in [0.15, 0.2) is 30.5 Å². The van der Waals surface area contributed by atoms with E-state index in [-0.39, 0.29) is 11.6 Å². The van der Waals surface area contributed by atoms with E-state index in [1.54, 1.807) is 6.20 Å². The number of anilines is 1. The van der Waals surface area contributed by atoms with Crippen LogP contribution in [0.1, 0.15) is 35.0 Å². The van der Waals surface area contributed by atoms with Crippen LogP contribution in [0.3, 0.4) is 0 Å². The molecule has 0 unspecified atom stereocenters. The van der Waals surface area contributed by atoms with Crippen molar-refractivity contribution in [3.05, 3.63) is 51.0 Å². The minimum absolute atomic E-state index is 0.0436. The first-order valence-corrected chi connectivity index (χ1v) is 6.80. The molecule has 1 heterocycles. The highest BCUT2D eigenvalue weighted by Gasteiger charge is 2.12. The summed E-state index contributed by atoms with van der Waals surface area (Å²) < 4.78 is 0. The van der Waals surface area contributed by atoms with Gasteiger partial charge < -0.3 is 0 Å². The van der Waals surface area contributed by atoms with Crippen molar-refractivity contribution in [2.24, 2.45) is 0 Å². The van der Waals surface area contributed by atoms with Gasteiger partial charge in [-0.05, 0) is 18.1 Å². The van der Waals surface area contributed by atoms with Crippen LogP contribution in [0, 0.1) is 10.1 Å². The summed E-state index contributed by atoms with van der Waals surface area (Å²) in [5, 5.41) is 13.7. The summed E-state index contributed by atoms with van der Waals surface area (Å²) in [5.74, 6) is 0.0297. The number of hydrogen-bond acceptors (Lipinski definition) is 5. The topological polar surface area (TPSA) is 85.1 Å². The van der Waals surface area contributed by atoms with Gasteiger partial charge in [-0.2, -0.15) is 0 Å². The highest BCUT2D eigenvalue weighted by molar-refractivity contribution is 7.15. The molecule has 104 valence electrons. The maximum Gasteiger partial charge on any atom is 0.269 e. The number of rotatable bonds is 4. The minimum atomic E-state index is -0.503. The summed E-state index contributed by atoms with van der Waals surface area (Å²) in [6, 6.07) is 5.45. The number of hydrogen-bond donors (Lipinski definition) is 1. The van der Waals surface area contributed by atoms with Gasteiger partial charge in [-0.25, -0.2) is 4.98 Å². The molecule has 1 amide bonds. The number of carbonyl (C=O) groups excluding carboxylic acids is 1. The average molecular weight is 291 g/mol. The Labute approximate surface area is 119 Å². The van der Waals surface area contributed by atoms with Crippen LogP contribution in [-0.2, 0) is 0 Å². The van der Waals surface area contributed by atoms with E-state index < -0.39 is 4.92 Å². The standard InChI is InChI=1S/C13H13N3O3S/c1-8(2)11-7-14-13(20-11)15-12(17)9-3-5-10(6-4-9)16(18)19/h3-8H,1-2H3,(H,14,15,17). The predicted molar refractivity (Wildman–Crippen MR) is 77.3 cm³/mol. The van der Waals surface area contributed by atoms with Gasteiger partial charge in [0.05, 0.1) is 4.92 Å². The van der Waals surface area contributed by atoms with Gasteiger partial charge in [-0.3, -0.25) is 20.2 Å². The van der Waals surface area contributed by atoms with E-state index >= 15 is 0 Å². The van der Waals surface area contributed by atoms with Crippen LogP contribution in [0.5, 0.6) is 0 Å². The summed E-state index contributed by atoms with van der Waals surface area (Å²) >= 11 is 1.42. The van der Waals surface area contributed by atoms with E-state index in [0.29, 0.717) is 16.6 Å². The molecule has 6 nitrogen and oxygen atoms in total. The maximum absolute atomic E-state index is 12.0. The Morgan fingerprint density at radius 2 is 2.00 bits per heavy atom. The molecule has 0 aliphatic carbocycles. The molecule has 1 N–H and O–H groups in total. The van der Waals surface area contributed by atoms with Gasteiger partial charge in [-0.15, -0.1) is 11.3 Å². The lowest BCUT2D eigenvalue weighted by molar-refractivity contribution is -0.384. The Hall–Kier alpha value is -2.28. The number of nitro benzene ring substituents is 1. The fourth-order valence-corrected chi connectivity index (χ4v) is 2.33. The molecule has 0 saturated heterocycles. The third-order valence-electron chi connectivity index (χ3n) is 2.65. The summed E-state index contributed by atoms with van der Waals surface area (Å²) in [5.41, 5.74) is 0.315. The number of aromatic nitrogens is 1. The Morgan fingerprint density at radius 3 is 2.50 bits per heavy atom. The molecule has 2 aromatic rings. The van der Waals surface area contributed by atoms with Gasteiger partial charge in [0, 0.05) is 28.8 Å². The Balaban J connectivity index is 2.09. The fourth-order valence-electron chi connectivity index (χ4n) is 1.52. The quantitative estimate of drug-likeness (QED) is 0.690. The summed E-state index contributed by atoms with van der Waals surface area (Å²) in [6.07, 6.45) is 1.74. The zero-order valence-electron chi connectivity index (χ0n) is 11.0. The summed E-state index contributed by atoms with van der Waals surface area (Å²) in [4.78, 5) is 27.2. The van der Waals surface area contributed by atoms with Gasteiger partial charge in [0.15, 0.2) is 5.13 Å². The van der Waals surface area contributed by atoms with Gasteiger partial charge >= 0.3 is 0 Å². The Bertz CT molecular complexity index is 635. The number of non-ortho nitro benzene ring substituents is 1. The second-order valence-corrected chi connectivity index (χ2v) is 5.54. The number of benzene rings is 1. The zero-order chi connectivity index (χ0) is 14.7.